The summed E-state index contributed by atoms with van der Waals surface area (Å²) in [5, 5.41) is 9.12. The van der Waals surface area contributed by atoms with E-state index in [0.717, 1.165) is 11.1 Å². The molecule has 0 bridgehead atoms. The molecule has 1 atom stereocenters. The van der Waals surface area contributed by atoms with Crippen molar-refractivity contribution in [3.63, 3.8) is 0 Å². The highest BCUT2D eigenvalue weighted by molar-refractivity contribution is 7.89. The molecule has 7 heteroatoms. The van der Waals surface area contributed by atoms with E-state index in [0.29, 0.717) is 11.1 Å². The molecule has 0 radical (unpaired) electrons. The topological polar surface area (TPSA) is 96.3 Å². The number of esters is 1. The number of benzene rings is 2. The number of carbonyl (C=O) groups is 1. The molecule has 0 amide bonds. The molecular formula is C21H24N2O4S. The fourth-order valence-electron chi connectivity index (χ4n) is 2.57. The van der Waals surface area contributed by atoms with Gasteiger partial charge in [-0.25, -0.2) is 8.42 Å². The molecule has 0 unspecified atom stereocenters. The fraction of sp³-hybridized carbons (Fsp3) is 0.333. The number of aryl methyl sites for hydroxylation is 2. The van der Waals surface area contributed by atoms with Crippen LogP contribution in [-0.2, 0) is 26.2 Å². The quantitative estimate of drug-likeness (QED) is 0.720. The number of nitrogens with zero attached hydrogens (tertiary/aromatic N) is 1. The van der Waals surface area contributed by atoms with E-state index in [-0.39, 0.29) is 17.4 Å². The average Bonchev–Trinajstić information content (AvgIpc) is 2.66. The third kappa shape index (κ3) is 5.18. The van der Waals surface area contributed by atoms with Crippen molar-refractivity contribution in [2.45, 2.75) is 45.2 Å². The lowest BCUT2D eigenvalue weighted by molar-refractivity contribution is -0.148. The van der Waals surface area contributed by atoms with Crippen molar-refractivity contribution in [1.29, 1.82) is 5.26 Å². The summed E-state index contributed by atoms with van der Waals surface area (Å²) < 4.78 is 33.2. The summed E-state index contributed by atoms with van der Waals surface area (Å²) in [6.45, 7) is 7.09. The van der Waals surface area contributed by atoms with Gasteiger partial charge in [0.15, 0.2) is 0 Å². The SMILES string of the molecule is Cc1ccc(S(=O)(=O)N[C@@H](C(=O)OCc2ccccc2C#N)C(C)C)cc1C. The van der Waals surface area contributed by atoms with Gasteiger partial charge in [0.05, 0.1) is 16.5 Å². The lowest BCUT2D eigenvalue weighted by Crippen LogP contribution is -2.45. The minimum Gasteiger partial charge on any atom is -0.460 e. The molecule has 0 aliphatic rings. The van der Waals surface area contributed by atoms with E-state index in [9.17, 15) is 13.2 Å². The third-order valence-electron chi connectivity index (χ3n) is 4.50. The lowest BCUT2D eigenvalue weighted by atomic mass is 10.1. The minimum atomic E-state index is -3.89. The van der Waals surface area contributed by atoms with Crippen LogP contribution in [-0.4, -0.2) is 20.4 Å². The second-order valence-electron chi connectivity index (χ2n) is 6.97. The van der Waals surface area contributed by atoms with Crippen molar-refractivity contribution >= 4 is 16.0 Å². The largest absolute Gasteiger partial charge is 0.460 e. The van der Waals surface area contributed by atoms with Gasteiger partial charge in [0.1, 0.15) is 12.6 Å². The first kappa shape index (κ1) is 21.6. The maximum absolute atomic E-state index is 12.7. The van der Waals surface area contributed by atoms with E-state index in [4.69, 9.17) is 10.00 Å². The molecule has 0 aliphatic carbocycles. The summed E-state index contributed by atoms with van der Waals surface area (Å²) in [7, 11) is -3.89. The van der Waals surface area contributed by atoms with Gasteiger partial charge in [0, 0.05) is 5.56 Å². The highest BCUT2D eigenvalue weighted by Gasteiger charge is 2.30. The van der Waals surface area contributed by atoms with Crippen molar-refractivity contribution in [1.82, 2.24) is 4.72 Å². The Morgan fingerprint density at radius 2 is 1.82 bits per heavy atom. The van der Waals surface area contributed by atoms with Gasteiger partial charge in [-0.2, -0.15) is 9.98 Å². The molecule has 0 spiro atoms. The Labute approximate surface area is 166 Å². The average molecular weight is 401 g/mol. The van der Waals surface area contributed by atoms with Crippen LogP contribution >= 0.6 is 0 Å². The van der Waals surface area contributed by atoms with E-state index in [1.54, 1.807) is 50.2 Å². The summed E-state index contributed by atoms with van der Waals surface area (Å²) in [5.74, 6) is -1.00. The monoisotopic (exact) mass is 400 g/mol. The Bertz CT molecular complexity index is 1010. The number of hydrogen-bond acceptors (Lipinski definition) is 5. The first-order valence-corrected chi connectivity index (χ1v) is 10.4. The van der Waals surface area contributed by atoms with Crippen molar-refractivity contribution in [3.8, 4) is 6.07 Å². The molecule has 148 valence electrons. The summed E-state index contributed by atoms with van der Waals surface area (Å²) >= 11 is 0. The number of rotatable bonds is 7. The zero-order valence-corrected chi connectivity index (χ0v) is 17.2. The number of carbonyl (C=O) groups excluding carboxylic acids is 1. The van der Waals surface area contributed by atoms with Crippen LogP contribution < -0.4 is 4.72 Å². The van der Waals surface area contributed by atoms with E-state index in [1.807, 2.05) is 19.9 Å². The normalized spacial score (nSPS) is 12.4. The molecule has 0 saturated heterocycles. The van der Waals surface area contributed by atoms with Crippen LogP contribution in [0.4, 0.5) is 0 Å². The van der Waals surface area contributed by atoms with E-state index < -0.39 is 22.0 Å². The molecule has 0 saturated carbocycles. The van der Waals surface area contributed by atoms with Crippen LogP contribution in [0, 0.1) is 31.1 Å². The molecule has 28 heavy (non-hydrogen) atoms. The predicted molar refractivity (Wildman–Crippen MR) is 106 cm³/mol. The Morgan fingerprint density at radius 1 is 1.14 bits per heavy atom. The first-order valence-electron chi connectivity index (χ1n) is 8.90. The van der Waals surface area contributed by atoms with Crippen LogP contribution in [0.3, 0.4) is 0 Å². The number of ether oxygens (including phenoxy) is 1. The molecule has 0 heterocycles. The molecular weight excluding hydrogens is 376 g/mol. The lowest BCUT2D eigenvalue weighted by Gasteiger charge is -2.21. The molecule has 6 nitrogen and oxygen atoms in total. The highest BCUT2D eigenvalue weighted by atomic mass is 32.2. The number of nitrogens with one attached hydrogen (secondary N) is 1. The second kappa shape index (κ2) is 9.00. The Hall–Kier alpha value is -2.69. The van der Waals surface area contributed by atoms with Crippen LogP contribution in [0.1, 0.15) is 36.1 Å². The molecule has 2 rings (SSSR count). The van der Waals surface area contributed by atoms with Crippen LogP contribution in [0.2, 0.25) is 0 Å². The van der Waals surface area contributed by atoms with Gasteiger partial charge in [-0.3, -0.25) is 4.79 Å². The van der Waals surface area contributed by atoms with Gasteiger partial charge in [0.25, 0.3) is 0 Å². The summed E-state index contributed by atoms with van der Waals surface area (Å²) in [5.41, 5.74) is 2.81. The van der Waals surface area contributed by atoms with Gasteiger partial charge >= 0.3 is 5.97 Å². The van der Waals surface area contributed by atoms with Crippen molar-refractivity contribution in [2.75, 3.05) is 0 Å². The smallest absolute Gasteiger partial charge is 0.324 e. The maximum atomic E-state index is 12.7. The van der Waals surface area contributed by atoms with Gasteiger partial charge in [0.2, 0.25) is 10.0 Å². The summed E-state index contributed by atoms with van der Waals surface area (Å²) in [4.78, 5) is 12.7. The van der Waals surface area contributed by atoms with E-state index in [2.05, 4.69) is 4.72 Å². The first-order chi connectivity index (χ1) is 13.2. The Balaban J connectivity index is 2.17. The number of sulfonamides is 1. The zero-order chi connectivity index (χ0) is 20.9. The molecule has 0 aromatic heterocycles. The molecule has 2 aromatic rings. The van der Waals surface area contributed by atoms with E-state index in [1.165, 1.54) is 6.07 Å². The fourth-order valence-corrected chi connectivity index (χ4v) is 3.98. The minimum absolute atomic E-state index is 0.100. The Morgan fingerprint density at radius 3 is 2.43 bits per heavy atom. The molecule has 0 fully saturated rings. The van der Waals surface area contributed by atoms with E-state index >= 15 is 0 Å². The summed E-state index contributed by atoms with van der Waals surface area (Å²) in [6.07, 6.45) is 0. The molecule has 1 N–H and O–H groups in total. The predicted octanol–water partition coefficient (Wildman–Crippen LogP) is 3.22. The molecule has 0 aliphatic heterocycles. The Kier molecular flexibility index (Phi) is 6.95. The van der Waals surface area contributed by atoms with Crippen molar-refractivity contribution in [3.05, 3.63) is 64.7 Å². The standard InChI is InChI=1S/C21H24N2O4S/c1-14(2)20(21(24)27-13-18-8-6-5-7-17(18)12-22)23-28(25,26)19-10-9-15(3)16(4)11-19/h5-11,14,20,23H,13H2,1-4H3/t20-/m1/s1. The van der Waals surface area contributed by atoms with Gasteiger partial charge in [-0.05, 0) is 49.1 Å². The van der Waals surface area contributed by atoms with Gasteiger partial charge in [-0.15, -0.1) is 0 Å². The highest BCUT2D eigenvalue weighted by Crippen LogP contribution is 2.17. The van der Waals surface area contributed by atoms with Crippen molar-refractivity contribution in [2.24, 2.45) is 5.92 Å². The maximum Gasteiger partial charge on any atom is 0.324 e. The van der Waals surface area contributed by atoms with Gasteiger partial charge < -0.3 is 4.74 Å². The third-order valence-corrected chi connectivity index (χ3v) is 5.94. The van der Waals surface area contributed by atoms with Gasteiger partial charge in [-0.1, -0.05) is 38.1 Å². The van der Waals surface area contributed by atoms with Crippen LogP contribution in [0.15, 0.2) is 47.4 Å². The second-order valence-corrected chi connectivity index (χ2v) is 8.68. The van der Waals surface area contributed by atoms with Crippen LogP contribution in [0.5, 0.6) is 0 Å². The molecule has 2 aromatic carbocycles. The zero-order valence-electron chi connectivity index (χ0n) is 16.4. The van der Waals surface area contributed by atoms with Crippen molar-refractivity contribution < 1.29 is 17.9 Å². The number of hydrogen-bond donors (Lipinski definition) is 1. The summed E-state index contributed by atoms with van der Waals surface area (Å²) in [6, 6.07) is 12.6. The number of nitriles is 1. The van der Waals surface area contributed by atoms with Crippen LogP contribution in [0.25, 0.3) is 0 Å².